The number of allylic oxidation sites excluding steroid dienone is 1. The van der Waals surface area contributed by atoms with Crippen LogP contribution in [-0.2, 0) is 27.8 Å². The first-order valence-corrected chi connectivity index (χ1v) is 20.1. The van der Waals surface area contributed by atoms with E-state index in [-0.39, 0.29) is 0 Å². The highest BCUT2D eigenvalue weighted by Gasteiger charge is 2.23. The molecule has 7 rings (SSSR count). The van der Waals surface area contributed by atoms with Crippen molar-refractivity contribution in [2.45, 2.75) is 82.9 Å². The number of benzene rings is 3. The van der Waals surface area contributed by atoms with E-state index in [0.717, 1.165) is 123 Å². The smallest absolute Gasteiger partial charge is 0.134 e. The minimum Gasteiger partial charge on any atom is -0.494 e. The predicted molar refractivity (Wildman–Crippen MR) is 209 cm³/mol. The molecule has 2 aromatic heterocycles. The van der Waals surface area contributed by atoms with Crippen LogP contribution in [0.4, 0.5) is 5.69 Å². The third kappa shape index (κ3) is 8.31. The van der Waals surface area contributed by atoms with Crippen LogP contribution in [0.25, 0.3) is 33.8 Å². The molecule has 2 aliphatic heterocycles. The van der Waals surface area contributed by atoms with Gasteiger partial charge < -0.3 is 23.9 Å². The number of anilines is 1. The third-order valence-electron chi connectivity index (χ3n) is 10.3. The molecular weight excluding hydrogens is 655 g/mol. The highest BCUT2D eigenvalue weighted by Crippen LogP contribution is 2.36. The molecule has 4 heterocycles. The number of unbranched alkanes of at least 4 members (excludes halogenated alkanes) is 1. The molecule has 0 aliphatic carbocycles. The zero-order valence-electron chi connectivity index (χ0n) is 30.3. The first kappa shape index (κ1) is 35.2. The van der Waals surface area contributed by atoms with Crippen LogP contribution in [0.1, 0.15) is 81.6 Å². The molecule has 1 N–H and O–H groups in total. The second kappa shape index (κ2) is 16.4. The van der Waals surface area contributed by atoms with Crippen LogP contribution >= 0.6 is 0 Å². The Balaban J connectivity index is 1.19. The van der Waals surface area contributed by atoms with Gasteiger partial charge in [0.1, 0.15) is 11.6 Å². The van der Waals surface area contributed by atoms with Crippen molar-refractivity contribution in [2.75, 3.05) is 37.8 Å². The normalized spacial score (nSPS) is 17.1. The van der Waals surface area contributed by atoms with Crippen molar-refractivity contribution < 1.29 is 13.7 Å². The Hall–Kier alpha value is -4.21. The maximum absolute atomic E-state index is 13.6. The van der Waals surface area contributed by atoms with Gasteiger partial charge in [-0.1, -0.05) is 38.5 Å². The lowest BCUT2D eigenvalue weighted by molar-refractivity contribution is 0.0682. The van der Waals surface area contributed by atoms with Crippen molar-refractivity contribution in [3.8, 4) is 16.9 Å². The average molecular weight is 706 g/mol. The van der Waals surface area contributed by atoms with Crippen molar-refractivity contribution in [1.29, 1.82) is 0 Å². The fourth-order valence-electron chi connectivity index (χ4n) is 7.29. The van der Waals surface area contributed by atoms with Crippen LogP contribution in [-0.4, -0.2) is 56.6 Å². The van der Waals surface area contributed by atoms with Crippen LogP contribution in [0.2, 0.25) is 0 Å². The Kier molecular flexibility index (Phi) is 11.3. The molecule has 1 saturated heterocycles. The van der Waals surface area contributed by atoms with E-state index in [0.29, 0.717) is 11.7 Å². The molecule has 0 radical (unpaired) electrons. The average Bonchev–Trinajstić information content (AvgIpc) is 3.73. The van der Waals surface area contributed by atoms with Gasteiger partial charge in [0.25, 0.3) is 0 Å². The molecule has 0 saturated carbocycles. The summed E-state index contributed by atoms with van der Waals surface area (Å²) in [6.07, 6.45) is 11.6. The lowest BCUT2D eigenvalue weighted by Crippen LogP contribution is -2.34. The van der Waals surface area contributed by atoms with Crippen LogP contribution in [0, 0.1) is 12.8 Å². The van der Waals surface area contributed by atoms with E-state index in [1.54, 1.807) is 0 Å². The molecule has 9 heteroatoms. The van der Waals surface area contributed by atoms with E-state index in [4.69, 9.17) is 14.5 Å². The minimum absolute atomic E-state index is 0.446. The van der Waals surface area contributed by atoms with Crippen molar-refractivity contribution >= 4 is 39.2 Å². The van der Waals surface area contributed by atoms with Gasteiger partial charge in [-0.25, -0.2) is 9.97 Å². The van der Waals surface area contributed by atoms with Gasteiger partial charge in [-0.15, -0.1) is 0 Å². The van der Waals surface area contributed by atoms with Gasteiger partial charge in [-0.3, -0.25) is 4.21 Å². The number of hydrogen-bond donors (Lipinski definition) is 1. The number of aromatic nitrogens is 4. The summed E-state index contributed by atoms with van der Waals surface area (Å²) < 4.78 is 27.4. The number of aromatic amines is 1. The Labute approximate surface area is 304 Å². The van der Waals surface area contributed by atoms with E-state index in [9.17, 15) is 4.21 Å². The fraction of sp³-hybridized carbons (Fsp3) is 0.429. The highest BCUT2D eigenvalue weighted by molar-refractivity contribution is 7.84. The third-order valence-corrected chi connectivity index (χ3v) is 11.6. The summed E-state index contributed by atoms with van der Waals surface area (Å²) in [5.41, 5.74) is 9.81. The second-order valence-corrected chi connectivity index (χ2v) is 15.5. The molecule has 0 bridgehead atoms. The lowest BCUT2D eigenvalue weighted by atomic mass is 9.94. The first-order valence-electron chi connectivity index (χ1n) is 18.8. The number of H-pyrrole nitrogens is 1. The Morgan fingerprint density at radius 3 is 2.63 bits per heavy atom. The summed E-state index contributed by atoms with van der Waals surface area (Å²) in [5, 5.41) is 0. The van der Waals surface area contributed by atoms with Crippen molar-refractivity contribution in [3.63, 3.8) is 0 Å². The van der Waals surface area contributed by atoms with E-state index < -0.39 is 10.8 Å². The van der Waals surface area contributed by atoms with E-state index in [2.05, 4.69) is 81.8 Å². The maximum Gasteiger partial charge on any atom is 0.134 e. The molecule has 268 valence electrons. The summed E-state index contributed by atoms with van der Waals surface area (Å²) >= 11 is 0. The second-order valence-electron chi connectivity index (χ2n) is 14.0. The maximum atomic E-state index is 13.6. The standard InChI is InChI=1S/C42H51N5O3S/c1-4-6-21-50-36-12-9-32(10-13-36)33-11-16-40-35(24-33)25-34(8-7-20-46(40)27-31-17-22-49-23-18-31)42-44-38-15-14-37(26-39(38)45-42)51(48)28-41-30(3)43-29-47(41)19-5-2/h9-16,24-26,29,31H,4-8,17-23,27-28H2,1-3H3,(H,44,45)/b34-25+/t51-/m1/s1. The summed E-state index contributed by atoms with van der Waals surface area (Å²) in [6, 6.07) is 21.4. The molecule has 0 spiro atoms. The Bertz CT molecular complexity index is 1990. The lowest BCUT2D eigenvalue weighted by Gasteiger charge is -2.33. The van der Waals surface area contributed by atoms with E-state index in [1.807, 2.05) is 31.5 Å². The molecule has 2 aliphatic rings. The summed E-state index contributed by atoms with van der Waals surface area (Å²) in [4.78, 5) is 16.6. The number of nitrogens with one attached hydrogen (secondary N) is 1. The van der Waals surface area contributed by atoms with Gasteiger partial charge in [0, 0.05) is 43.4 Å². The Morgan fingerprint density at radius 1 is 1.00 bits per heavy atom. The molecule has 1 fully saturated rings. The van der Waals surface area contributed by atoms with Crippen molar-refractivity contribution in [1.82, 2.24) is 19.5 Å². The fourth-order valence-corrected chi connectivity index (χ4v) is 8.55. The molecule has 0 amide bonds. The molecule has 8 nitrogen and oxygen atoms in total. The summed E-state index contributed by atoms with van der Waals surface area (Å²) in [7, 11) is -1.20. The first-order chi connectivity index (χ1) is 25.0. The van der Waals surface area contributed by atoms with Crippen LogP contribution in [0.5, 0.6) is 5.75 Å². The van der Waals surface area contributed by atoms with Crippen molar-refractivity contribution in [3.05, 3.63) is 89.8 Å². The van der Waals surface area contributed by atoms with E-state index in [1.165, 1.54) is 28.0 Å². The van der Waals surface area contributed by atoms with Gasteiger partial charge in [-0.05, 0) is 122 Å². The molecule has 51 heavy (non-hydrogen) atoms. The van der Waals surface area contributed by atoms with Gasteiger partial charge >= 0.3 is 0 Å². The molecule has 0 unspecified atom stereocenters. The largest absolute Gasteiger partial charge is 0.494 e. The molecule has 5 aromatic rings. The zero-order chi connectivity index (χ0) is 35.2. The number of aryl methyl sites for hydroxylation is 2. The van der Waals surface area contributed by atoms with Gasteiger partial charge in [0.15, 0.2) is 0 Å². The topological polar surface area (TPSA) is 85.3 Å². The highest BCUT2D eigenvalue weighted by atomic mass is 32.2. The number of nitrogens with zero attached hydrogens (tertiary/aromatic N) is 4. The number of ether oxygens (including phenoxy) is 2. The number of rotatable bonds is 13. The predicted octanol–water partition coefficient (Wildman–Crippen LogP) is 9.20. The van der Waals surface area contributed by atoms with Gasteiger partial charge in [0.2, 0.25) is 0 Å². The zero-order valence-corrected chi connectivity index (χ0v) is 31.1. The van der Waals surface area contributed by atoms with Crippen LogP contribution in [0.3, 0.4) is 0 Å². The molecule has 1 atom stereocenters. The van der Waals surface area contributed by atoms with Gasteiger partial charge in [-0.2, -0.15) is 0 Å². The number of imidazole rings is 2. The SMILES string of the molecule is CCCCOc1ccc(-c2ccc3c(c2)/C=C(/c2nc4ccc([S@](=O)Cc5c(C)ncn5CCC)cc4[nH]2)CCCN3CC2CCOCC2)cc1. The van der Waals surface area contributed by atoms with E-state index >= 15 is 0 Å². The number of fused-ring (bicyclic) bond motifs is 2. The molecular formula is C42H51N5O3S. The van der Waals surface area contributed by atoms with Gasteiger partial charge in [0.05, 0.1) is 51.9 Å². The van der Waals surface area contributed by atoms with Crippen LogP contribution < -0.4 is 9.64 Å². The summed E-state index contributed by atoms with van der Waals surface area (Å²) in [5.74, 6) is 2.88. The molecule has 3 aromatic carbocycles. The monoisotopic (exact) mass is 705 g/mol. The van der Waals surface area contributed by atoms with Crippen molar-refractivity contribution in [2.24, 2.45) is 5.92 Å². The quantitative estimate of drug-likeness (QED) is 0.123. The van der Waals surface area contributed by atoms with Crippen LogP contribution in [0.15, 0.2) is 71.9 Å². The summed E-state index contributed by atoms with van der Waals surface area (Å²) in [6.45, 7) is 11.7. The number of hydrogen-bond acceptors (Lipinski definition) is 6. The minimum atomic E-state index is -1.20. The Morgan fingerprint density at radius 2 is 1.82 bits per heavy atom.